The highest BCUT2D eigenvalue weighted by atomic mass is 32.1. The zero-order valence-electron chi connectivity index (χ0n) is 14.3. The predicted molar refractivity (Wildman–Crippen MR) is 94.7 cm³/mol. The molecular formula is C17H21N7S. The Balaban J connectivity index is 1.30. The number of piperidine rings is 1. The lowest BCUT2D eigenvalue weighted by molar-refractivity contribution is 0.200. The van der Waals surface area contributed by atoms with Gasteiger partial charge in [-0.2, -0.15) is 9.61 Å². The third-order valence-electron chi connectivity index (χ3n) is 5.18. The van der Waals surface area contributed by atoms with E-state index in [1.165, 1.54) is 18.5 Å². The molecule has 4 heterocycles. The molecule has 0 aromatic carbocycles. The molecule has 0 spiro atoms. The maximum absolute atomic E-state index is 4.82. The van der Waals surface area contributed by atoms with E-state index < -0.39 is 0 Å². The molecule has 0 radical (unpaired) electrons. The molecular weight excluding hydrogens is 334 g/mol. The van der Waals surface area contributed by atoms with E-state index in [-0.39, 0.29) is 0 Å². The molecule has 0 bridgehead atoms. The average molecular weight is 355 g/mol. The quantitative estimate of drug-likeness (QED) is 0.716. The summed E-state index contributed by atoms with van der Waals surface area (Å²) in [5, 5.41) is 24.1. The van der Waals surface area contributed by atoms with Crippen molar-refractivity contribution >= 4 is 17.0 Å². The standard InChI is InChI=1S/C17H21N7S/c1-11-18-20-16(25-11)10-23-8-6-13(7-9-23)17-21-19-15-5-4-14(12-2-3-12)22-24(15)17/h4-5,12-13H,2-3,6-10H2,1H3. The van der Waals surface area contributed by atoms with Crippen molar-refractivity contribution in [2.45, 2.75) is 51.0 Å². The first kappa shape index (κ1) is 15.3. The predicted octanol–water partition coefficient (Wildman–Crippen LogP) is 2.54. The van der Waals surface area contributed by atoms with Crippen LogP contribution in [0.1, 0.15) is 59.1 Å². The van der Waals surface area contributed by atoms with Gasteiger partial charge < -0.3 is 0 Å². The highest BCUT2D eigenvalue weighted by Gasteiger charge is 2.28. The Morgan fingerprint density at radius 3 is 2.56 bits per heavy atom. The maximum atomic E-state index is 4.82. The Hall–Kier alpha value is -1.93. The minimum absolute atomic E-state index is 0.435. The SMILES string of the molecule is Cc1nnc(CN2CCC(c3nnc4ccc(C5CC5)nn34)CC2)s1. The van der Waals surface area contributed by atoms with Gasteiger partial charge in [0.2, 0.25) is 0 Å². The van der Waals surface area contributed by atoms with Gasteiger partial charge in [-0.3, -0.25) is 4.90 Å². The van der Waals surface area contributed by atoms with E-state index in [1.807, 2.05) is 11.4 Å². The molecule has 130 valence electrons. The maximum Gasteiger partial charge on any atom is 0.177 e. The number of rotatable bonds is 4. The molecule has 2 fully saturated rings. The summed E-state index contributed by atoms with van der Waals surface area (Å²) in [6.45, 7) is 5.02. The third kappa shape index (κ3) is 3.04. The molecule has 3 aromatic rings. The van der Waals surface area contributed by atoms with Gasteiger partial charge in [-0.15, -0.1) is 31.7 Å². The van der Waals surface area contributed by atoms with Crippen LogP contribution in [0.5, 0.6) is 0 Å². The Kier molecular flexibility index (Phi) is 3.74. The van der Waals surface area contributed by atoms with Gasteiger partial charge in [0.1, 0.15) is 10.0 Å². The van der Waals surface area contributed by atoms with Crippen molar-refractivity contribution in [2.24, 2.45) is 0 Å². The lowest BCUT2D eigenvalue weighted by Gasteiger charge is -2.30. The number of fused-ring (bicyclic) bond motifs is 1. The van der Waals surface area contributed by atoms with E-state index >= 15 is 0 Å². The number of hydrogen-bond donors (Lipinski definition) is 0. The smallest absolute Gasteiger partial charge is 0.177 e. The first-order valence-electron chi connectivity index (χ1n) is 9.00. The summed E-state index contributed by atoms with van der Waals surface area (Å²) < 4.78 is 1.99. The number of aryl methyl sites for hydroxylation is 1. The highest BCUT2D eigenvalue weighted by Crippen LogP contribution is 2.39. The van der Waals surface area contributed by atoms with Crippen LogP contribution >= 0.6 is 11.3 Å². The van der Waals surface area contributed by atoms with Crippen LogP contribution < -0.4 is 0 Å². The zero-order valence-corrected chi connectivity index (χ0v) is 15.1. The topological polar surface area (TPSA) is 72.1 Å². The molecule has 0 amide bonds. The molecule has 1 saturated heterocycles. The largest absolute Gasteiger partial charge is 0.297 e. The number of likely N-dealkylation sites (tertiary alicyclic amines) is 1. The van der Waals surface area contributed by atoms with E-state index in [0.29, 0.717) is 11.8 Å². The summed E-state index contributed by atoms with van der Waals surface area (Å²) in [6, 6.07) is 4.17. The van der Waals surface area contributed by atoms with Crippen LogP contribution in [0.3, 0.4) is 0 Å². The van der Waals surface area contributed by atoms with Crippen molar-refractivity contribution < 1.29 is 0 Å². The van der Waals surface area contributed by atoms with Crippen LogP contribution in [0.25, 0.3) is 5.65 Å². The first-order valence-corrected chi connectivity index (χ1v) is 9.81. The minimum atomic E-state index is 0.435. The van der Waals surface area contributed by atoms with Crippen molar-refractivity contribution in [1.29, 1.82) is 0 Å². The Bertz CT molecular complexity index is 889. The zero-order chi connectivity index (χ0) is 16.8. The fraction of sp³-hybridized carbons (Fsp3) is 0.588. The summed E-state index contributed by atoms with van der Waals surface area (Å²) in [6.07, 6.45) is 4.71. The van der Waals surface area contributed by atoms with Gasteiger partial charge in [-0.05, 0) is 57.8 Å². The molecule has 8 heteroatoms. The molecule has 1 aliphatic heterocycles. The van der Waals surface area contributed by atoms with Crippen LogP contribution in [-0.4, -0.2) is 48.0 Å². The van der Waals surface area contributed by atoms with Crippen LogP contribution in [0, 0.1) is 6.92 Å². The Morgan fingerprint density at radius 2 is 1.84 bits per heavy atom. The first-order chi connectivity index (χ1) is 12.3. The van der Waals surface area contributed by atoms with Crippen LogP contribution in [0.2, 0.25) is 0 Å². The third-order valence-corrected chi connectivity index (χ3v) is 6.01. The normalized spacial score (nSPS) is 19.7. The fourth-order valence-electron chi connectivity index (χ4n) is 3.61. The Labute approximate surface area is 150 Å². The van der Waals surface area contributed by atoms with Crippen LogP contribution in [0.4, 0.5) is 0 Å². The average Bonchev–Trinajstić information content (AvgIpc) is 3.28. The van der Waals surface area contributed by atoms with Crippen LogP contribution in [0.15, 0.2) is 12.1 Å². The van der Waals surface area contributed by atoms with E-state index in [4.69, 9.17) is 5.10 Å². The molecule has 2 aliphatic rings. The van der Waals surface area contributed by atoms with Crippen LogP contribution in [-0.2, 0) is 6.54 Å². The van der Waals surface area contributed by atoms with Gasteiger partial charge >= 0.3 is 0 Å². The molecule has 1 saturated carbocycles. The molecule has 0 atom stereocenters. The minimum Gasteiger partial charge on any atom is -0.297 e. The lowest BCUT2D eigenvalue weighted by Crippen LogP contribution is -2.33. The Morgan fingerprint density at radius 1 is 1.00 bits per heavy atom. The summed E-state index contributed by atoms with van der Waals surface area (Å²) in [7, 11) is 0. The molecule has 1 aliphatic carbocycles. The van der Waals surface area contributed by atoms with Gasteiger partial charge in [0.05, 0.1) is 12.2 Å². The molecule has 7 nitrogen and oxygen atoms in total. The monoisotopic (exact) mass is 355 g/mol. The number of nitrogens with zero attached hydrogens (tertiary/aromatic N) is 7. The summed E-state index contributed by atoms with van der Waals surface area (Å²) in [4.78, 5) is 2.46. The lowest BCUT2D eigenvalue weighted by atomic mass is 9.96. The van der Waals surface area contributed by atoms with Crippen molar-refractivity contribution in [3.8, 4) is 0 Å². The van der Waals surface area contributed by atoms with Crippen molar-refractivity contribution in [3.63, 3.8) is 0 Å². The van der Waals surface area contributed by atoms with E-state index in [9.17, 15) is 0 Å². The van der Waals surface area contributed by atoms with Gasteiger partial charge in [-0.1, -0.05) is 0 Å². The van der Waals surface area contributed by atoms with Gasteiger partial charge in [0.25, 0.3) is 0 Å². The molecule has 0 N–H and O–H groups in total. The van der Waals surface area contributed by atoms with E-state index in [0.717, 1.165) is 54.0 Å². The van der Waals surface area contributed by atoms with Crippen molar-refractivity contribution in [1.82, 2.24) is 34.9 Å². The molecule has 3 aromatic heterocycles. The number of hydrogen-bond acceptors (Lipinski definition) is 7. The second kappa shape index (κ2) is 6.10. The number of aromatic nitrogens is 6. The second-order valence-corrected chi connectivity index (χ2v) is 8.39. The second-order valence-electron chi connectivity index (χ2n) is 7.13. The van der Waals surface area contributed by atoms with Gasteiger partial charge in [0.15, 0.2) is 11.5 Å². The fourth-order valence-corrected chi connectivity index (χ4v) is 4.36. The van der Waals surface area contributed by atoms with E-state index in [1.54, 1.807) is 11.3 Å². The molecule has 25 heavy (non-hydrogen) atoms. The summed E-state index contributed by atoms with van der Waals surface area (Å²) in [5.41, 5.74) is 2.06. The summed E-state index contributed by atoms with van der Waals surface area (Å²) in [5.74, 6) is 2.12. The van der Waals surface area contributed by atoms with Gasteiger partial charge in [0, 0.05) is 11.8 Å². The summed E-state index contributed by atoms with van der Waals surface area (Å²) >= 11 is 1.69. The van der Waals surface area contributed by atoms with Gasteiger partial charge in [-0.25, -0.2) is 0 Å². The highest BCUT2D eigenvalue weighted by molar-refractivity contribution is 7.11. The van der Waals surface area contributed by atoms with Crippen molar-refractivity contribution in [3.05, 3.63) is 33.7 Å². The molecule has 5 rings (SSSR count). The molecule has 0 unspecified atom stereocenters. The van der Waals surface area contributed by atoms with E-state index in [2.05, 4.69) is 37.4 Å². The van der Waals surface area contributed by atoms with Crippen molar-refractivity contribution in [2.75, 3.05) is 13.1 Å².